The quantitative estimate of drug-likeness (QED) is 0.932. The zero-order valence-corrected chi connectivity index (χ0v) is 11.9. The number of aromatic nitrogens is 2. The minimum atomic E-state index is -0.301. The largest absolute Gasteiger partial charge is 0.307 e. The van der Waals surface area contributed by atoms with Gasteiger partial charge in [0.1, 0.15) is 5.82 Å². The van der Waals surface area contributed by atoms with Gasteiger partial charge in [-0.3, -0.25) is 4.79 Å². The van der Waals surface area contributed by atoms with Crippen molar-refractivity contribution in [3.8, 4) is 0 Å². The Morgan fingerprint density at radius 2 is 2.16 bits per heavy atom. The van der Waals surface area contributed by atoms with Crippen LogP contribution in [0.25, 0.3) is 0 Å². The lowest BCUT2D eigenvalue weighted by atomic mass is 10.2. The Labute approximate surface area is 121 Å². The predicted molar refractivity (Wildman–Crippen MR) is 76.9 cm³/mol. The van der Waals surface area contributed by atoms with Gasteiger partial charge in [0.2, 0.25) is 0 Å². The van der Waals surface area contributed by atoms with Crippen molar-refractivity contribution in [2.75, 3.05) is 5.32 Å². The first kappa shape index (κ1) is 13.9. The van der Waals surface area contributed by atoms with E-state index >= 15 is 0 Å². The molecule has 1 aromatic carbocycles. The van der Waals surface area contributed by atoms with E-state index in [0.29, 0.717) is 21.4 Å². The molecule has 4 nitrogen and oxygen atoms in total. The number of hydrogen-bond acceptors (Lipinski definition) is 2. The molecule has 0 spiro atoms. The zero-order valence-electron chi connectivity index (χ0n) is 10.4. The molecular formula is C13H13Cl2N3O. The van der Waals surface area contributed by atoms with E-state index in [2.05, 4.69) is 10.4 Å². The molecule has 0 bridgehead atoms. The Hall–Kier alpha value is -1.52. The normalized spacial score (nSPS) is 10.5. The van der Waals surface area contributed by atoms with Crippen molar-refractivity contribution in [3.05, 3.63) is 46.1 Å². The molecule has 2 rings (SSSR count). The van der Waals surface area contributed by atoms with Crippen LogP contribution in [0.5, 0.6) is 0 Å². The third kappa shape index (κ3) is 3.28. The van der Waals surface area contributed by atoms with Gasteiger partial charge in [-0.05, 0) is 24.6 Å². The number of nitrogens with one attached hydrogen (secondary N) is 1. The van der Waals surface area contributed by atoms with Crippen molar-refractivity contribution in [2.45, 2.75) is 19.9 Å². The van der Waals surface area contributed by atoms with Crippen LogP contribution in [-0.2, 0) is 6.54 Å². The average molecular weight is 298 g/mol. The van der Waals surface area contributed by atoms with E-state index in [-0.39, 0.29) is 5.91 Å². The van der Waals surface area contributed by atoms with Gasteiger partial charge >= 0.3 is 0 Å². The molecule has 0 saturated heterocycles. The number of carbonyl (C=O) groups is 1. The van der Waals surface area contributed by atoms with E-state index in [0.717, 1.165) is 13.0 Å². The number of aryl methyl sites for hydroxylation is 1. The Bertz CT molecular complexity index is 595. The van der Waals surface area contributed by atoms with E-state index in [4.69, 9.17) is 23.2 Å². The van der Waals surface area contributed by atoms with Crippen molar-refractivity contribution in [3.63, 3.8) is 0 Å². The van der Waals surface area contributed by atoms with Gasteiger partial charge in [0.05, 0.1) is 16.8 Å². The van der Waals surface area contributed by atoms with Crippen LogP contribution >= 0.6 is 23.2 Å². The van der Waals surface area contributed by atoms with Crippen LogP contribution in [0.3, 0.4) is 0 Å². The molecule has 0 atom stereocenters. The molecule has 1 amide bonds. The van der Waals surface area contributed by atoms with Crippen molar-refractivity contribution >= 4 is 34.9 Å². The summed E-state index contributed by atoms with van der Waals surface area (Å²) in [5.41, 5.74) is 0.346. The van der Waals surface area contributed by atoms with E-state index < -0.39 is 0 Å². The van der Waals surface area contributed by atoms with Crippen molar-refractivity contribution in [1.29, 1.82) is 0 Å². The summed E-state index contributed by atoms with van der Waals surface area (Å²) in [5.74, 6) is 0.341. The van der Waals surface area contributed by atoms with Gasteiger partial charge in [-0.2, -0.15) is 5.10 Å². The van der Waals surface area contributed by atoms with E-state index in [9.17, 15) is 4.79 Å². The van der Waals surface area contributed by atoms with Crippen molar-refractivity contribution < 1.29 is 4.79 Å². The smallest absolute Gasteiger partial charge is 0.258 e. The Kier molecular flexibility index (Phi) is 4.45. The first-order chi connectivity index (χ1) is 9.11. The topological polar surface area (TPSA) is 46.9 Å². The molecule has 1 N–H and O–H groups in total. The molecule has 0 aliphatic heterocycles. The molecule has 0 fully saturated rings. The fraction of sp³-hybridized carbons (Fsp3) is 0.231. The highest BCUT2D eigenvalue weighted by molar-refractivity contribution is 6.36. The van der Waals surface area contributed by atoms with Crippen molar-refractivity contribution in [1.82, 2.24) is 9.78 Å². The number of hydrogen-bond donors (Lipinski definition) is 1. The lowest BCUT2D eigenvalue weighted by molar-refractivity contribution is 0.102. The summed E-state index contributed by atoms with van der Waals surface area (Å²) in [5, 5.41) is 7.75. The second-order valence-corrected chi connectivity index (χ2v) is 4.86. The average Bonchev–Trinajstić information content (AvgIpc) is 2.80. The monoisotopic (exact) mass is 297 g/mol. The van der Waals surface area contributed by atoms with Gasteiger partial charge in [0.25, 0.3) is 5.91 Å². The predicted octanol–water partition coefficient (Wildman–Crippen LogP) is 3.85. The second-order valence-electron chi connectivity index (χ2n) is 4.02. The Morgan fingerprint density at radius 3 is 2.89 bits per heavy atom. The van der Waals surface area contributed by atoms with Gasteiger partial charge in [-0.1, -0.05) is 30.1 Å². The number of carbonyl (C=O) groups excluding carboxylic acids is 1. The maximum absolute atomic E-state index is 12.1. The van der Waals surface area contributed by atoms with Crippen LogP contribution in [-0.4, -0.2) is 15.7 Å². The first-order valence-corrected chi connectivity index (χ1v) is 6.65. The third-order valence-corrected chi connectivity index (χ3v) is 3.13. The molecular weight excluding hydrogens is 285 g/mol. The number of rotatable bonds is 4. The zero-order chi connectivity index (χ0) is 13.8. The third-order valence-electron chi connectivity index (χ3n) is 2.57. The van der Waals surface area contributed by atoms with Crippen LogP contribution in [0.1, 0.15) is 23.7 Å². The molecule has 0 aliphatic rings. The number of benzene rings is 1. The first-order valence-electron chi connectivity index (χ1n) is 5.90. The maximum atomic E-state index is 12.1. The van der Waals surface area contributed by atoms with Crippen molar-refractivity contribution in [2.24, 2.45) is 0 Å². The van der Waals surface area contributed by atoms with E-state index in [1.54, 1.807) is 35.1 Å². The summed E-state index contributed by atoms with van der Waals surface area (Å²) in [7, 11) is 0. The molecule has 1 aromatic heterocycles. The summed E-state index contributed by atoms with van der Waals surface area (Å²) in [4.78, 5) is 12.1. The molecule has 0 unspecified atom stereocenters. The fourth-order valence-electron chi connectivity index (χ4n) is 1.68. The molecule has 19 heavy (non-hydrogen) atoms. The van der Waals surface area contributed by atoms with Gasteiger partial charge in [-0.25, -0.2) is 4.68 Å². The summed E-state index contributed by atoms with van der Waals surface area (Å²) >= 11 is 11.9. The Balaban J connectivity index is 2.21. The number of amides is 1. The maximum Gasteiger partial charge on any atom is 0.258 e. The molecule has 2 aromatic rings. The molecule has 0 saturated carbocycles. The molecule has 100 valence electrons. The van der Waals surface area contributed by atoms with Crippen LogP contribution in [0, 0.1) is 0 Å². The van der Waals surface area contributed by atoms with Gasteiger partial charge in [-0.15, -0.1) is 0 Å². The second kappa shape index (κ2) is 6.08. The highest BCUT2D eigenvalue weighted by atomic mass is 35.5. The van der Waals surface area contributed by atoms with Crippen LogP contribution in [0.4, 0.5) is 5.82 Å². The Morgan fingerprint density at radius 1 is 1.37 bits per heavy atom. The lowest BCUT2D eigenvalue weighted by Crippen LogP contribution is -2.16. The molecule has 1 heterocycles. The van der Waals surface area contributed by atoms with E-state index in [1.165, 1.54) is 0 Å². The van der Waals surface area contributed by atoms with Gasteiger partial charge in [0, 0.05) is 17.6 Å². The summed E-state index contributed by atoms with van der Waals surface area (Å²) in [6.07, 6.45) is 2.58. The lowest BCUT2D eigenvalue weighted by Gasteiger charge is -2.09. The molecule has 0 aliphatic carbocycles. The fourth-order valence-corrected chi connectivity index (χ4v) is 2.06. The van der Waals surface area contributed by atoms with E-state index in [1.807, 2.05) is 6.92 Å². The SMILES string of the molecule is CCCn1nccc1NC(=O)c1cc(Cl)ccc1Cl. The summed E-state index contributed by atoms with van der Waals surface area (Å²) in [6.45, 7) is 2.78. The number of nitrogens with zero attached hydrogens (tertiary/aromatic N) is 2. The minimum absolute atomic E-state index is 0.301. The van der Waals surface area contributed by atoms with Gasteiger partial charge < -0.3 is 5.32 Å². The highest BCUT2D eigenvalue weighted by Crippen LogP contribution is 2.21. The summed E-state index contributed by atoms with van der Waals surface area (Å²) in [6, 6.07) is 6.52. The van der Waals surface area contributed by atoms with Crippen LogP contribution < -0.4 is 5.32 Å². The van der Waals surface area contributed by atoms with Crippen LogP contribution in [0.15, 0.2) is 30.5 Å². The van der Waals surface area contributed by atoms with Gasteiger partial charge in [0.15, 0.2) is 0 Å². The molecule has 0 radical (unpaired) electrons. The molecule has 6 heteroatoms. The highest BCUT2D eigenvalue weighted by Gasteiger charge is 2.13. The summed E-state index contributed by atoms with van der Waals surface area (Å²) < 4.78 is 1.73. The van der Waals surface area contributed by atoms with Crippen LogP contribution in [0.2, 0.25) is 10.0 Å². The number of halogens is 2. The minimum Gasteiger partial charge on any atom is -0.307 e. The number of anilines is 1. The standard InChI is InChI=1S/C13H13Cl2N3O/c1-2-7-18-12(5-6-16-18)17-13(19)10-8-9(14)3-4-11(10)15/h3-6,8H,2,7H2,1H3,(H,17,19).